The Hall–Kier alpha value is -2.29. The fourth-order valence-corrected chi connectivity index (χ4v) is 2.85. The van der Waals surface area contributed by atoms with E-state index in [9.17, 15) is 17.6 Å². The molecule has 7 nitrogen and oxygen atoms in total. The summed E-state index contributed by atoms with van der Waals surface area (Å²) in [5.74, 6) is -1.31. The molecule has 0 saturated carbocycles. The van der Waals surface area contributed by atoms with Crippen LogP contribution in [0.4, 0.5) is 4.39 Å². The van der Waals surface area contributed by atoms with Gasteiger partial charge in [0.25, 0.3) is 0 Å². The molecule has 2 aromatic rings. The Morgan fingerprint density at radius 1 is 1.32 bits per heavy atom. The molecule has 1 heterocycles. The smallest absolute Gasteiger partial charge is 0.335 e. The molecule has 1 amide bonds. The van der Waals surface area contributed by atoms with E-state index in [0.717, 1.165) is 0 Å². The van der Waals surface area contributed by atoms with Gasteiger partial charge >= 0.3 is 5.22 Å². The van der Waals surface area contributed by atoms with Crippen LogP contribution in [0.2, 0.25) is 0 Å². The minimum Gasteiger partial charge on any atom is -0.412 e. The molecule has 118 valence electrons. The van der Waals surface area contributed by atoms with E-state index >= 15 is 0 Å². The maximum absolute atomic E-state index is 13.5. The number of hydrogen-bond donors (Lipinski definition) is 1. The van der Waals surface area contributed by atoms with E-state index in [-0.39, 0.29) is 30.3 Å². The predicted octanol–water partition coefficient (Wildman–Crippen LogP) is 0.861. The fourth-order valence-electron chi connectivity index (χ4n) is 1.69. The SMILES string of the molecule is CC(=O)NCCc1nnc(S(=O)(=O)Cc2ccccc2F)o1. The van der Waals surface area contributed by atoms with Crippen LogP contribution in [0, 0.1) is 5.82 Å². The first-order chi connectivity index (χ1) is 10.4. The Kier molecular flexibility index (Phi) is 4.86. The van der Waals surface area contributed by atoms with Crippen molar-refractivity contribution in [2.24, 2.45) is 0 Å². The van der Waals surface area contributed by atoms with Gasteiger partial charge in [-0.2, -0.15) is 0 Å². The van der Waals surface area contributed by atoms with Crippen LogP contribution in [0.3, 0.4) is 0 Å². The van der Waals surface area contributed by atoms with Gasteiger partial charge in [-0.25, -0.2) is 12.8 Å². The highest BCUT2D eigenvalue weighted by Crippen LogP contribution is 2.17. The Morgan fingerprint density at radius 3 is 2.73 bits per heavy atom. The van der Waals surface area contributed by atoms with Crippen molar-refractivity contribution < 1.29 is 22.0 Å². The number of carbonyl (C=O) groups is 1. The van der Waals surface area contributed by atoms with E-state index in [4.69, 9.17) is 4.42 Å². The number of amides is 1. The number of hydrogen-bond acceptors (Lipinski definition) is 6. The molecule has 0 fully saturated rings. The van der Waals surface area contributed by atoms with Crippen LogP contribution in [0.1, 0.15) is 18.4 Å². The van der Waals surface area contributed by atoms with Crippen LogP contribution in [0.25, 0.3) is 0 Å². The molecule has 0 aliphatic rings. The van der Waals surface area contributed by atoms with Gasteiger partial charge in [0.05, 0.1) is 5.75 Å². The molecule has 0 aliphatic carbocycles. The van der Waals surface area contributed by atoms with Crippen LogP contribution in [-0.4, -0.2) is 31.1 Å². The van der Waals surface area contributed by atoms with Crippen LogP contribution >= 0.6 is 0 Å². The van der Waals surface area contributed by atoms with Crippen molar-refractivity contribution in [3.05, 3.63) is 41.5 Å². The van der Waals surface area contributed by atoms with Gasteiger partial charge in [-0.05, 0) is 6.07 Å². The Balaban J connectivity index is 2.09. The molecule has 0 unspecified atom stereocenters. The normalized spacial score (nSPS) is 11.4. The molecule has 0 saturated heterocycles. The van der Waals surface area contributed by atoms with E-state index in [1.165, 1.54) is 25.1 Å². The van der Waals surface area contributed by atoms with E-state index in [0.29, 0.717) is 0 Å². The van der Waals surface area contributed by atoms with Gasteiger partial charge in [-0.15, -0.1) is 5.10 Å². The lowest BCUT2D eigenvalue weighted by molar-refractivity contribution is -0.118. The van der Waals surface area contributed by atoms with Crippen molar-refractivity contribution in [2.75, 3.05) is 6.54 Å². The average Bonchev–Trinajstić information content (AvgIpc) is 2.90. The molecular weight excluding hydrogens is 313 g/mol. The topological polar surface area (TPSA) is 102 Å². The van der Waals surface area contributed by atoms with Gasteiger partial charge in [-0.1, -0.05) is 23.3 Å². The zero-order valence-corrected chi connectivity index (χ0v) is 12.6. The Morgan fingerprint density at radius 2 is 2.05 bits per heavy atom. The molecule has 1 N–H and O–H groups in total. The van der Waals surface area contributed by atoms with Gasteiger partial charge < -0.3 is 9.73 Å². The molecular formula is C13H14FN3O4S. The molecule has 0 spiro atoms. The summed E-state index contributed by atoms with van der Waals surface area (Å²) in [4.78, 5) is 10.7. The maximum atomic E-state index is 13.5. The van der Waals surface area contributed by atoms with E-state index in [1.807, 2.05) is 0 Å². The molecule has 0 atom stereocenters. The monoisotopic (exact) mass is 327 g/mol. The largest absolute Gasteiger partial charge is 0.412 e. The molecule has 0 aliphatic heterocycles. The van der Waals surface area contributed by atoms with Crippen LogP contribution in [-0.2, 0) is 26.8 Å². The highest BCUT2D eigenvalue weighted by Gasteiger charge is 2.24. The van der Waals surface area contributed by atoms with Crippen molar-refractivity contribution in [3.8, 4) is 0 Å². The summed E-state index contributed by atoms with van der Waals surface area (Å²) in [6.45, 7) is 1.61. The highest BCUT2D eigenvalue weighted by atomic mass is 32.2. The lowest BCUT2D eigenvalue weighted by atomic mass is 10.2. The summed E-state index contributed by atoms with van der Waals surface area (Å²) in [7, 11) is -3.92. The lowest BCUT2D eigenvalue weighted by Crippen LogP contribution is -2.22. The van der Waals surface area contributed by atoms with Crippen molar-refractivity contribution in [1.29, 1.82) is 0 Å². The first kappa shape index (κ1) is 16.1. The second kappa shape index (κ2) is 6.65. The summed E-state index contributed by atoms with van der Waals surface area (Å²) in [5.41, 5.74) is 0.0282. The number of carbonyl (C=O) groups excluding carboxylic acids is 1. The van der Waals surface area contributed by atoms with E-state index in [1.54, 1.807) is 6.07 Å². The molecule has 1 aromatic heterocycles. The third kappa shape index (κ3) is 4.10. The maximum Gasteiger partial charge on any atom is 0.335 e. The van der Waals surface area contributed by atoms with Crippen LogP contribution in [0.15, 0.2) is 33.9 Å². The third-order valence-corrected chi connectivity index (χ3v) is 4.12. The van der Waals surface area contributed by atoms with Gasteiger partial charge in [-0.3, -0.25) is 4.79 Å². The minimum absolute atomic E-state index is 0.0282. The zero-order valence-electron chi connectivity index (χ0n) is 11.7. The number of benzene rings is 1. The number of sulfone groups is 1. The van der Waals surface area contributed by atoms with Crippen molar-refractivity contribution in [1.82, 2.24) is 15.5 Å². The summed E-state index contributed by atoms with van der Waals surface area (Å²) >= 11 is 0. The molecule has 9 heteroatoms. The number of nitrogens with one attached hydrogen (secondary N) is 1. The van der Waals surface area contributed by atoms with E-state index < -0.39 is 26.6 Å². The minimum atomic E-state index is -3.92. The second-order valence-electron chi connectivity index (χ2n) is 4.55. The Bertz CT molecular complexity index is 773. The lowest BCUT2D eigenvalue weighted by Gasteiger charge is -2.01. The van der Waals surface area contributed by atoms with Crippen LogP contribution < -0.4 is 5.32 Å². The number of nitrogens with zero attached hydrogens (tertiary/aromatic N) is 2. The molecule has 0 bridgehead atoms. The fraction of sp³-hybridized carbons (Fsp3) is 0.308. The predicted molar refractivity (Wildman–Crippen MR) is 74.0 cm³/mol. The van der Waals surface area contributed by atoms with Gasteiger partial charge in [0.15, 0.2) is 0 Å². The summed E-state index contributed by atoms with van der Waals surface area (Å²) in [5, 5.41) is 9.04. The molecule has 2 rings (SSSR count). The number of rotatable bonds is 6. The van der Waals surface area contributed by atoms with Gasteiger partial charge in [0.1, 0.15) is 5.82 Å². The summed E-state index contributed by atoms with van der Waals surface area (Å²) < 4.78 is 42.8. The molecule has 22 heavy (non-hydrogen) atoms. The van der Waals surface area contributed by atoms with Crippen molar-refractivity contribution in [3.63, 3.8) is 0 Å². The number of halogens is 1. The highest BCUT2D eigenvalue weighted by molar-refractivity contribution is 7.90. The zero-order chi connectivity index (χ0) is 16.2. The first-order valence-corrected chi connectivity index (χ1v) is 8.06. The number of aromatic nitrogens is 2. The molecule has 0 radical (unpaired) electrons. The van der Waals surface area contributed by atoms with Crippen molar-refractivity contribution in [2.45, 2.75) is 24.3 Å². The third-order valence-electron chi connectivity index (χ3n) is 2.73. The van der Waals surface area contributed by atoms with Gasteiger partial charge in [0, 0.05) is 25.5 Å². The molecule has 1 aromatic carbocycles. The standard InChI is InChI=1S/C13H14FN3O4S/c1-9(18)15-7-6-12-16-17-13(21-12)22(19,20)8-10-4-2-3-5-11(10)14/h2-5H,6-8H2,1H3,(H,15,18). The van der Waals surface area contributed by atoms with Crippen LogP contribution in [0.5, 0.6) is 0 Å². The average molecular weight is 327 g/mol. The van der Waals surface area contributed by atoms with E-state index in [2.05, 4.69) is 15.5 Å². The summed E-state index contributed by atoms with van der Waals surface area (Å²) in [6, 6.07) is 5.57. The van der Waals surface area contributed by atoms with Crippen molar-refractivity contribution >= 4 is 15.7 Å². The van der Waals surface area contributed by atoms with Gasteiger partial charge in [0.2, 0.25) is 21.6 Å². The first-order valence-electron chi connectivity index (χ1n) is 6.41. The Labute approximate surface area is 126 Å². The quantitative estimate of drug-likeness (QED) is 0.844. The second-order valence-corrected chi connectivity index (χ2v) is 6.41. The summed E-state index contributed by atoms with van der Waals surface area (Å²) in [6.07, 6.45) is 0.210.